The van der Waals surface area contributed by atoms with Gasteiger partial charge < -0.3 is 5.73 Å². The van der Waals surface area contributed by atoms with Crippen LogP contribution in [-0.2, 0) is 14.3 Å². The lowest BCUT2D eigenvalue weighted by molar-refractivity contribution is -0.329. The molecule has 0 heterocycles. The fourth-order valence-corrected chi connectivity index (χ4v) is 0.870. The summed E-state index contributed by atoms with van der Waals surface area (Å²) in [6.07, 6.45) is 0.904. The largest absolute Gasteiger partial charge is 0.369 e. The summed E-state index contributed by atoms with van der Waals surface area (Å²) in [4.78, 5) is 3.50. The van der Waals surface area contributed by atoms with Crippen LogP contribution in [0.2, 0.25) is 0 Å². The molecule has 0 spiro atoms. The molecule has 0 saturated heterocycles. The number of hydrazine groups is 1. The van der Waals surface area contributed by atoms with E-state index in [0.29, 0.717) is 0 Å². The summed E-state index contributed by atoms with van der Waals surface area (Å²) in [7, 11) is -3.48. The Morgan fingerprint density at radius 2 is 2.21 bits per heavy atom. The van der Waals surface area contributed by atoms with Crippen molar-refractivity contribution in [3.05, 3.63) is 0 Å². The highest BCUT2D eigenvalue weighted by Crippen LogP contribution is 1.85. The van der Waals surface area contributed by atoms with Gasteiger partial charge in [0.05, 0.1) is 19.4 Å². The lowest BCUT2D eigenvalue weighted by Crippen LogP contribution is -2.42. The molecule has 0 atom stereocenters. The summed E-state index contributed by atoms with van der Waals surface area (Å²) in [5.74, 6) is -0.285. The number of hydrogen-bond donors (Lipinski definition) is 4. The Bertz CT molecular complexity index is 286. The van der Waals surface area contributed by atoms with Gasteiger partial charge in [-0.25, -0.2) is 10.4 Å². The van der Waals surface area contributed by atoms with Crippen LogP contribution in [0.15, 0.2) is 4.99 Å². The van der Waals surface area contributed by atoms with Crippen molar-refractivity contribution in [2.24, 2.45) is 10.7 Å². The van der Waals surface area contributed by atoms with Crippen molar-refractivity contribution in [3.63, 3.8) is 0 Å². The number of guanidine groups is 1. The highest BCUT2D eigenvalue weighted by Gasteiger charge is 2.00. The normalized spacial score (nSPS) is 13.3. The highest BCUT2D eigenvalue weighted by molar-refractivity contribution is 7.85. The van der Waals surface area contributed by atoms with E-state index in [0.717, 1.165) is 6.26 Å². The van der Waals surface area contributed by atoms with E-state index in [1.165, 1.54) is 0 Å². The average molecular weight is 228 g/mol. The molecule has 5 N–H and O–H groups in total. The first-order chi connectivity index (χ1) is 6.31. The van der Waals surface area contributed by atoms with Crippen molar-refractivity contribution in [2.45, 2.75) is 0 Å². The molecule has 0 saturated carbocycles. The summed E-state index contributed by atoms with van der Waals surface area (Å²) < 4.78 is 25.2. The molecular formula is C4H12N4O5S. The summed E-state index contributed by atoms with van der Waals surface area (Å²) in [5.41, 5.74) is 6.90. The maximum Gasteiger partial charge on any atom is 0.264 e. The van der Waals surface area contributed by atoms with Gasteiger partial charge in [-0.2, -0.15) is 8.42 Å². The smallest absolute Gasteiger partial charge is 0.264 e. The molecule has 0 aromatic rings. The average Bonchev–Trinajstić information content (AvgIpc) is 1.95. The Labute approximate surface area is 80.8 Å². The first-order valence-electron chi connectivity index (χ1n) is 3.40. The molecule has 0 aromatic heterocycles. The molecular weight excluding hydrogens is 216 g/mol. The van der Waals surface area contributed by atoms with Crippen LogP contribution in [0.1, 0.15) is 0 Å². The molecule has 0 aliphatic carbocycles. The molecule has 9 nitrogen and oxygen atoms in total. The van der Waals surface area contributed by atoms with Gasteiger partial charge >= 0.3 is 0 Å². The molecule has 84 valence electrons. The van der Waals surface area contributed by atoms with Gasteiger partial charge in [-0.05, 0) is 0 Å². The molecule has 0 unspecified atom stereocenters. The van der Waals surface area contributed by atoms with Crippen molar-refractivity contribution in [1.29, 1.82) is 0 Å². The number of nitrogens with two attached hydrogens (primary N) is 1. The molecule has 0 aromatic carbocycles. The van der Waals surface area contributed by atoms with E-state index in [1.807, 2.05) is 5.43 Å². The van der Waals surface area contributed by atoms with Crippen LogP contribution in [0.4, 0.5) is 0 Å². The van der Waals surface area contributed by atoms with Crippen LogP contribution < -0.4 is 11.2 Å². The van der Waals surface area contributed by atoms with Gasteiger partial charge in [0.1, 0.15) is 0 Å². The Kier molecular flexibility index (Phi) is 5.34. The first-order valence-corrected chi connectivity index (χ1v) is 5.22. The Morgan fingerprint density at radius 3 is 2.64 bits per heavy atom. The standard InChI is InChI=1S/C4H12N4O5S/c1-14(11,12)13-3-2-6-4(5)7-8(9)10/h9-10H,2-3H2,1H3,(H3,5,6,7). The molecule has 14 heavy (non-hydrogen) atoms. The molecule has 0 aliphatic heterocycles. The second-order valence-corrected chi connectivity index (χ2v) is 3.84. The van der Waals surface area contributed by atoms with Gasteiger partial charge in [-0.15, -0.1) is 0 Å². The topological polar surface area (TPSA) is 137 Å². The van der Waals surface area contributed by atoms with Crippen LogP contribution in [0.3, 0.4) is 0 Å². The van der Waals surface area contributed by atoms with E-state index in [-0.39, 0.29) is 24.4 Å². The summed E-state index contributed by atoms with van der Waals surface area (Å²) in [6, 6.07) is 0. The molecule has 0 amide bonds. The van der Waals surface area contributed by atoms with E-state index in [2.05, 4.69) is 9.18 Å². The number of nitrogens with zero attached hydrogens (tertiary/aromatic N) is 2. The van der Waals surface area contributed by atoms with Gasteiger partial charge in [0.15, 0.2) is 0 Å². The third-order valence-corrected chi connectivity index (χ3v) is 1.48. The van der Waals surface area contributed by atoms with Crippen LogP contribution in [-0.4, -0.2) is 49.5 Å². The summed E-state index contributed by atoms with van der Waals surface area (Å²) in [5, 5.41) is 16.0. The van der Waals surface area contributed by atoms with Crippen molar-refractivity contribution in [2.75, 3.05) is 19.4 Å². The summed E-state index contributed by atoms with van der Waals surface area (Å²) >= 11 is 0. The van der Waals surface area contributed by atoms with Gasteiger partial charge in [0, 0.05) is 5.34 Å². The number of hydrogen-bond acceptors (Lipinski definition) is 7. The second kappa shape index (κ2) is 5.72. The lowest BCUT2D eigenvalue weighted by atomic mass is 10.7. The Morgan fingerprint density at radius 1 is 1.64 bits per heavy atom. The molecule has 0 rings (SSSR count). The molecule has 10 heteroatoms. The molecule has 0 fully saturated rings. The van der Waals surface area contributed by atoms with Crippen LogP contribution in [0.25, 0.3) is 0 Å². The number of nitrogens with one attached hydrogen (secondary N) is 1. The van der Waals surface area contributed by atoms with E-state index in [1.54, 1.807) is 0 Å². The maximum absolute atomic E-state index is 10.4. The zero-order chi connectivity index (χ0) is 11.2. The SMILES string of the molecule is CS(=O)(=O)OCCN=C(N)NN(O)O. The van der Waals surface area contributed by atoms with E-state index >= 15 is 0 Å². The number of rotatable bonds is 5. The second-order valence-electron chi connectivity index (χ2n) is 2.19. The van der Waals surface area contributed by atoms with Gasteiger partial charge in [-0.3, -0.25) is 14.6 Å². The van der Waals surface area contributed by atoms with Crippen molar-refractivity contribution >= 4 is 16.1 Å². The monoisotopic (exact) mass is 228 g/mol. The van der Waals surface area contributed by atoms with Crippen molar-refractivity contribution in [1.82, 2.24) is 10.8 Å². The predicted molar refractivity (Wildman–Crippen MR) is 45.8 cm³/mol. The minimum Gasteiger partial charge on any atom is -0.369 e. The number of aliphatic imine (C=N–C) groups is 1. The predicted octanol–water partition coefficient (Wildman–Crippen LogP) is -2.14. The molecule has 0 radical (unpaired) electrons. The Hall–Kier alpha value is -0.940. The van der Waals surface area contributed by atoms with Crippen molar-refractivity contribution < 1.29 is 23.0 Å². The van der Waals surface area contributed by atoms with Gasteiger partial charge in [0.25, 0.3) is 10.1 Å². The summed E-state index contributed by atoms with van der Waals surface area (Å²) in [6.45, 7) is -0.197. The molecule has 0 bridgehead atoms. The van der Waals surface area contributed by atoms with Gasteiger partial charge in [-0.1, -0.05) is 0 Å². The highest BCUT2D eigenvalue weighted by atomic mass is 32.2. The Balaban J connectivity index is 3.72. The van der Waals surface area contributed by atoms with Crippen LogP contribution >= 0.6 is 0 Å². The van der Waals surface area contributed by atoms with Crippen LogP contribution in [0.5, 0.6) is 0 Å². The quantitative estimate of drug-likeness (QED) is 0.137. The minimum atomic E-state index is -3.48. The molecule has 0 aliphatic rings. The van der Waals surface area contributed by atoms with E-state index in [9.17, 15) is 8.42 Å². The zero-order valence-corrected chi connectivity index (χ0v) is 8.23. The third kappa shape index (κ3) is 9.15. The zero-order valence-electron chi connectivity index (χ0n) is 7.41. The fraction of sp³-hybridized carbons (Fsp3) is 0.750. The first kappa shape index (κ1) is 13.1. The van der Waals surface area contributed by atoms with Crippen LogP contribution in [0, 0.1) is 0 Å². The fourth-order valence-electron chi connectivity index (χ4n) is 0.493. The van der Waals surface area contributed by atoms with E-state index < -0.39 is 10.1 Å². The minimum absolute atomic E-state index is 0.0280. The van der Waals surface area contributed by atoms with E-state index in [4.69, 9.17) is 16.1 Å². The lowest BCUT2D eigenvalue weighted by Gasteiger charge is -2.07. The van der Waals surface area contributed by atoms with Crippen molar-refractivity contribution in [3.8, 4) is 0 Å². The third-order valence-electron chi connectivity index (χ3n) is 0.885. The maximum atomic E-state index is 10.4. The van der Waals surface area contributed by atoms with Gasteiger partial charge in [0.2, 0.25) is 5.96 Å².